The van der Waals surface area contributed by atoms with Crippen LogP contribution in [0.1, 0.15) is 33.1 Å². The second-order valence-electron chi connectivity index (χ2n) is 2.60. The van der Waals surface area contributed by atoms with Crippen molar-refractivity contribution in [1.82, 2.24) is 0 Å². The molecule has 0 heterocycles. The fourth-order valence-electron chi connectivity index (χ4n) is 0.820. The number of unbranched alkanes of at least 4 members (excludes halogenated alkanes) is 1. The van der Waals surface area contributed by atoms with E-state index in [4.69, 9.17) is 9.47 Å². The summed E-state index contributed by atoms with van der Waals surface area (Å²) in [6.45, 7) is 3.94. The average molecular weight is 188 g/mol. The van der Waals surface area contributed by atoms with Crippen LogP contribution in [0, 0.1) is 0 Å². The quantitative estimate of drug-likeness (QED) is 0.465. The van der Waals surface area contributed by atoms with Gasteiger partial charge in [-0.3, -0.25) is 9.59 Å². The molecule has 0 spiro atoms. The Morgan fingerprint density at radius 2 is 1.85 bits per heavy atom. The Kier molecular flexibility index (Phi) is 6.96. The van der Waals surface area contributed by atoms with Crippen LogP contribution in [0.4, 0.5) is 0 Å². The Morgan fingerprint density at radius 3 is 2.38 bits per heavy atom. The van der Waals surface area contributed by atoms with Crippen molar-refractivity contribution < 1.29 is 19.1 Å². The maximum absolute atomic E-state index is 10.8. The molecule has 4 nitrogen and oxygen atoms in total. The van der Waals surface area contributed by atoms with Gasteiger partial charge < -0.3 is 9.47 Å². The normalized spacial score (nSPS) is 9.38. The molecule has 0 saturated carbocycles. The van der Waals surface area contributed by atoms with E-state index in [1.54, 1.807) is 6.92 Å². The van der Waals surface area contributed by atoms with E-state index in [0.717, 1.165) is 0 Å². The van der Waals surface area contributed by atoms with Gasteiger partial charge in [-0.05, 0) is 19.8 Å². The predicted octanol–water partition coefficient (Wildman–Crippen LogP) is 1.28. The second kappa shape index (κ2) is 7.58. The summed E-state index contributed by atoms with van der Waals surface area (Å²) in [6.07, 6.45) is 1.81. The molecule has 4 heteroatoms. The Hall–Kier alpha value is -1.06. The molecule has 0 atom stereocenters. The van der Waals surface area contributed by atoms with Crippen molar-refractivity contribution in [1.29, 1.82) is 0 Å². The molecule has 0 aromatic heterocycles. The third-order valence-corrected chi connectivity index (χ3v) is 1.39. The van der Waals surface area contributed by atoms with Crippen LogP contribution < -0.4 is 0 Å². The molecule has 0 N–H and O–H groups in total. The smallest absolute Gasteiger partial charge is 0.305 e. The maximum Gasteiger partial charge on any atom is 0.305 e. The number of hydrogen-bond donors (Lipinski definition) is 0. The summed E-state index contributed by atoms with van der Waals surface area (Å²) in [5.41, 5.74) is 0. The molecule has 0 aliphatic carbocycles. The van der Waals surface area contributed by atoms with Gasteiger partial charge in [0.1, 0.15) is 0 Å². The molecule has 0 aliphatic rings. The highest BCUT2D eigenvalue weighted by Crippen LogP contribution is 1.98. The van der Waals surface area contributed by atoms with Crippen LogP contribution in [0.25, 0.3) is 0 Å². The summed E-state index contributed by atoms with van der Waals surface area (Å²) < 4.78 is 9.42. The highest BCUT2D eigenvalue weighted by Gasteiger charge is 2.00. The van der Waals surface area contributed by atoms with E-state index < -0.39 is 0 Å². The lowest BCUT2D eigenvalue weighted by molar-refractivity contribution is -0.143. The highest BCUT2D eigenvalue weighted by atomic mass is 16.5. The molecule has 76 valence electrons. The van der Waals surface area contributed by atoms with Crippen molar-refractivity contribution in [3.05, 3.63) is 0 Å². The van der Waals surface area contributed by atoms with Gasteiger partial charge in [-0.25, -0.2) is 0 Å². The van der Waals surface area contributed by atoms with Crippen LogP contribution in [-0.2, 0) is 19.1 Å². The van der Waals surface area contributed by atoms with Crippen LogP contribution in [0.15, 0.2) is 0 Å². The van der Waals surface area contributed by atoms with Crippen LogP contribution in [0.2, 0.25) is 0 Å². The zero-order valence-electron chi connectivity index (χ0n) is 8.17. The summed E-state index contributed by atoms with van der Waals surface area (Å²) in [6, 6.07) is 0. The van der Waals surface area contributed by atoms with Crippen molar-refractivity contribution in [3.63, 3.8) is 0 Å². The third kappa shape index (κ3) is 8.85. The first-order chi connectivity index (χ1) is 6.16. The number of carbonyl (C=O) groups is 2. The fourth-order valence-corrected chi connectivity index (χ4v) is 0.820. The summed E-state index contributed by atoms with van der Waals surface area (Å²) >= 11 is 0. The maximum atomic E-state index is 10.8. The molecule has 0 unspecified atom stereocenters. The first-order valence-electron chi connectivity index (χ1n) is 4.45. The van der Waals surface area contributed by atoms with E-state index in [0.29, 0.717) is 32.5 Å². The van der Waals surface area contributed by atoms with Crippen LogP contribution >= 0.6 is 0 Å². The molecular weight excluding hydrogens is 172 g/mol. The minimum atomic E-state index is -0.281. The van der Waals surface area contributed by atoms with E-state index in [-0.39, 0.29) is 11.9 Å². The summed E-state index contributed by atoms with van der Waals surface area (Å²) in [5.74, 6) is -0.471. The summed E-state index contributed by atoms with van der Waals surface area (Å²) in [4.78, 5) is 21.1. The van der Waals surface area contributed by atoms with Crippen molar-refractivity contribution in [2.75, 3.05) is 13.2 Å². The van der Waals surface area contributed by atoms with Crippen LogP contribution in [0.5, 0.6) is 0 Å². The lowest BCUT2D eigenvalue weighted by Crippen LogP contribution is -2.05. The Labute approximate surface area is 78.2 Å². The van der Waals surface area contributed by atoms with Gasteiger partial charge in [0, 0.05) is 13.3 Å². The SMILES string of the molecule is CCOC(=O)CCCCOC(C)=O. The lowest BCUT2D eigenvalue weighted by atomic mass is 10.2. The zero-order chi connectivity index (χ0) is 10.1. The second-order valence-corrected chi connectivity index (χ2v) is 2.60. The molecule has 0 fully saturated rings. The molecule has 0 aliphatic heterocycles. The number of esters is 2. The molecule has 0 radical (unpaired) electrons. The predicted molar refractivity (Wildman–Crippen MR) is 47.1 cm³/mol. The summed E-state index contributed by atoms with van der Waals surface area (Å²) in [7, 11) is 0. The first kappa shape index (κ1) is 11.9. The van der Waals surface area contributed by atoms with E-state index in [2.05, 4.69) is 0 Å². The Bertz CT molecular complexity index is 165. The molecule has 0 amide bonds. The number of ether oxygens (including phenoxy) is 2. The van der Waals surface area contributed by atoms with Gasteiger partial charge in [0.2, 0.25) is 0 Å². The topological polar surface area (TPSA) is 52.6 Å². The molecule has 0 rings (SSSR count). The molecule has 0 bridgehead atoms. The van der Waals surface area contributed by atoms with Gasteiger partial charge in [-0.2, -0.15) is 0 Å². The molecular formula is C9H16O4. The third-order valence-electron chi connectivity index (χ3n) is 1.39. The zero-order valence-corrected chi connectivity index (χ0v) is 8.17. The van der Waals surface area contributed by atoms with Crippen LogP contribution in [-0.4, -0.2) is 25.2 Å². The van der Waals surface area contributed by atoms with Crippen LogP contribution in [0.3, 0.4) is 0 Å². The van der Waals surface area contributed by atoms with Gasteiger partial charge >= 0.3 is 11.9 Å². The Morgan fingerprint density at radius 1 is 1.15 bits per heavy atom. The number of hydrogen-bond acceptors (Lipinski definition) is 4. The van der Waals surface area contributed by atoms with Crippen molar-refractivity contribution in [3.8, 4) is 0 Å². The molecule has 13 heavy (non-hydrogen) atoms. The lowest BCUT2D eigenvalue weighted by Gasteiger charge is -2.02. The van der Waals surface area contributed by atoms with E-state index in [1.165, 1.54) is 6.92 Å². The molecule has 0 aromatic rings. The molecule has 0 aromatic carbocycles. The van der Waals surface area contributed by atoms with Gasteiger partial charge in [-0.1, -0.05) is 0 Å². The van der Waals surface area contributed by atoms with E-state index in [9.17, 15) is 9.59 Å². The average Bonchev–Trinajstić information content (AvgIpc) is 2.03. The first-order valence-corrected chi connectivity index (χ1v) is 4.45. The van der Waals surface area contributed by atoms with Gasteiger partial charge in [0.25, 0.3) is 0 Å². The standard InChI is InChI=1S/C9H16O4/c1-3-12-9(11)6-4-5-7-13-8(2)10/h3-7H2,1-2H3. The molecule has 0 saturated heterocycles. The van der Waals surface area contributed by atoms with Gasteiger partial charge in [-0.15, -0.1) is 0 Å². The van der Waals surface area contributed by atoms with E-state index in [1.807, 2.05) is 0 Å². The van der Waals surface area contributed by atoms with E-state index >= 15 is 0 Å². The van der Waals surface area contributed by atoms with Crippen molar-refractivity contribution >= 4 is 11.9 Å². The highest BCUT2D eigenvalue weighted by molar-refractivity contribution is 5.69. The monoisotopic (exact) mass is 188 g/mol. The Balaban J connectivity index is 3.16. The van der Waals surface area contributed by atoms with Gasteiger partial charge in [0.15, 0.2) is 0 Å². The number of rotatable bonds is 6. The van der Waals surface area contributed by atoms with Crippen molar-refractivity contribution in [2.45, 2.75) is 33.1 Å². The largest absolute Gasteiger partial charge is 0.466 e. The minimum Gasteiger partial charge on any atom is -0.466 e. The van der Waals surface area contributed by atoms with Gasteiger partial charge in [0.05, 0.1) is 13.2 Å². The minimum absolute atomic E-state index is 0.190. The van der Waals surface area contributed by atoms with Crippen molar-refractivity contribution in [2.24, 2.45) is 0 Å². The fraction of sp³-hybridized carbons (Fsp3) is 0.778. The number of carbonyl (C=O) groups excluding carboxylic acids is 2. The summed E-state index contributed by atoms with van der Waals surface area (Å²) in [5, 5.41) is 0.